The highest BCUT2D eigenvalue weighted by Gasteiger charge is 2.44. The lowest BCUT2D eigenvalue weighted by Gasteiger charge is -2.39. The molecule has 0 spiro atoms. The van der Waals surface area contributed by atoms with Gasteiger partial charge in [0.15, 0.2) is 5.54 Å². The molecule has 3 atom stereocenters. The molecule has 0 amide bonds. The SMILES string of the molecule is CC1CCC(C(C)C)C(C#N)(N=C=O)C1. The molecule has 0 aromatic rings. The molecule has 0 aromatic carbocycles. The highest BCUT2D eigenvalue weighted by molar-refractivity contribution is 5.37. The molecule has 1 fully saturated rings. The summed E-state index contributed by atoms with van der Waals surface area (Å²) in [7, 11) is 0. The summed E-state index contributed by atoms with van der Waals surface area (Å²) in [5, 5.41) is 9.29. The summed E-state index contributed by atoms with van der Waals surface area (Å²) in [5.74, 6) is 1.05. The van der Waals surface area contributed by atoms with Crippen molar-refractivity contribution in [3.8, 4) is 6.07 Å². The van der Waals surface area contributed by atoms with Gasteiger partial charge in [-0.15, -0.1) is 0 Å². The third-order valence-electron chi connectivity index (χ3n) is 3.49. The summed E-state index contributed by atoms with van der Waals surface area (Å²) in [6.07, 6.45) is 4.39. The van der Waals surface area contributed by atoms with Gasteiger partial charge in [0.05, 0.1) is 6.07 Å². The standard InChI is InChI=1S/C12H18N2O/c1-9(2)11-5-4-10(3)6-12(11,7-13)14-8-15/h9-11H,4-6H2,1-3H3. The largest absolute Gasteiger partial charge is 0.236 e. The maximum absolute atomic E-state index is 10.5. The van der Waals surface area contributed by atoms with Crippen molar-refractivity contribution in [3.05, 3.63) is 0 Å². The van der Waals surface area contributed by atoms with Crippen LogP contribution < -0.4 is 0 Å². The lowest BCUT2D eigenvalue weighted by atomic mass is 9.66. The molecular formula is C12H18N2O. The van der Waals surface area contributed by atoms with Crippen LogP contribution in [0, 0.1) is 29.1 Å². The zero-order valence-corrected chi connectivity index (χ0v) is 9.66. The maximum atomic E-state index is 10.5. The van der Waals surface area contributed by atoms with Crippen molar-refractivity contribution in [1.82, 2.24) is 0 Å². The highest BCUT2D eigenvalue weighted by atomic mass is 16.1. The van der Waals surface area contributed by atoms with Crippen LogP contribution in [-0.4, -0.2) is 11.6 Å². The van der Waals surface area contributed by atoms with E-state index >= 15 is 0 Å². The van der Waals surface area contributed by atoms with E-state index < -0.39 is 5.54 Å². The highest BCUT2D eigenvalue weighted by Crippen LogP contribution is 2.42. The first-order valence-corrected chi connectivity index (χ1v) is 5.56. The molecule has 0 aromatic heterocycles. The average Bonchev–Trinajstić information content (AvgIpc) is 2.17. The van der Waals surface area contributed by atoms with Crippen molar-refractivity contribution in [2.75, 3.05) is 0 Å². The van der Waals surface area contributed by atoms with Crippen LogP contribution >= 0.6 is 0 Å². The smallest absolute Gasteiger partial charge is 0.211 e. The van der Waals surface area contributed by atoms with E-state index in [1.807, 2.05) is 0 Å². The fourth-order valence-corrected chi connectivity index (χ4v) is 2.74. The third kappa shape index (κ3) is 2.27. The van der Waals surface area contributed by atoms with E-state index in [4.69, 9.17) is 0 Å². The minimum atomic E-state index is -0.812. The first-order valence-electron chi connectivity index (χ1n) is 5.56. The Morgan fingerprint density at radius 2 is 2.13 bits per heavy atom. The first-order chi connectivity index (χ1) is 7.05. The van der Waals surface area contributed by atoms with Gasteiger partial charge in [-0.1, -0.05) is 27.2 Å². The molecule has 82 valence electrons. The van der Waals surface area contributed by atoms with Gasteiger partial charge in [-0.2, -0.15) is 10.3 Å². The Labute approximate surface area is 91.2 Å². The average molecular weight is 206 g/mol. The predicted molar refractivity (Wildman–Crippen MR) is 57.8 cm³/mol. The van der Waals surface area contributed by atoms with E-state index in [1.54, 1.807) is 6.08 Å². The minimum absolute atomic E-state index is 0.195. The molecule has 15 heavy (non-hydrogen) atoms. The van der Waals surface area contributed by atoms with Crippen molar-refractivity contribution in [2.45, 2.75) is 45.6 Å². The monoisotopic (exact) mass is 206 g/mol. The van der Waals surface area contributed by atoms with E-state index in [0.29, 0.717) is 18.3 Å². The van der Waals surface area contributed by atoms with Crippen LogP contribution in [0.5, 0.6) is 0 Å². The fourth-order valence-electron chi connectivity index (χ4n) is 2.74. The number of hydrogen-bond acceptors (Lipinski definition) is 3. The van der Waals surface area contributed by atoms with Crippen LogP contribution in [0.4, 0.5) is 0 Å². The summed E-state index contributed by atoms with van der Waals surface area (Å²) in [6, 6.07) is 2.25. The number of hydrogen-bond donors (Lipinski definition) is 0. The zero-order chi connectivity index (χ0) is 11.5. The van der Waals surface area contributed by atoms with E-state index in [2.05, 4.69) is 31.8 Å². The number of isocyanates is 1. The second-order valence-electron chi connectivity index (χ2n) is 4.98. The van der Waals surface area contributed by atoms with Gasteiger partial charge in [-0.3, -0.25) is 0 Å². The molecule has 0 aliphatic heterocycles. The van der Waals surface area contributed by atoms with Crippen molar-refractivity contribution in [2.24, 2.45) is 22.7 Å². The Morgan fingerprint density at radius 3 is 2.60 bits per heavy atom. The number of nitriles is 1. The first kappa shape index (κ1) is 11.9. The number of aliphatic imine (C=N–C) groups is 1. The summed E-state index contributed by atoms with van der Waals surface area (Å²) in [4.78, 5) is 14.3. The molecule has 0 N–H and O–H groups in total. The molecule has 0 bridgehead atoms. The molecule has 3 nitrogen and oxygen atoms in total. The molecule has 1 saturated carbocycles. The summed E-state index contributed by atoms with van der Waals surface area (Å²) >= 11 is 0. The van der Waals surface area contributed by atoms with E-state index in [-0.39, 0.29) is 5.92 Å². The van der Waals surface area contributed by atoms with Crippen LogP contribution in [-0.2, 0) is 4.79 Å². The summed E-state index contributed by atoms with van der Waals surface area (Å²) < 4.78 is 0. The fraction of sp³-hybridized carbons (Fsp3) is 0.833. The molecule has 0 radical (unpaired) electrons. The second-order valence-corrected chi connectivity index (χ2v) is 4.98. The Balaban J connectivity index is 3.05. The Morgan fingerprint density at radius 1 is 1.47 bits per heavy atom. The predicted octanol–water partition coefficient (Wildman–Crippen LogP) is 2.68. The van der Waals surface area contributed by atoms with Gasteiger partial charge >= 0.3 is 0 Å². The van der Waals surface area contributed by atoms with Crippen LogP contribution in [0.2, 0.25) is 0 Å². The van der Waals surface area contributed by atoms with Gasteiger partial charge < -0.3 is 0 Å². The van der Waals surface area contributed by atoms with Crippen molar-refractivity contribution in [1.29, 1.82) is 5.26 Å². The molecular weight excluding hydrogens is 188 g/mol. The van der Waals surface area contributed by atoms with Gasteiger partial charge in [0, 0.05) is 5.92 Å². The minimum Gasteiger partial charge on any atom is -0.211 e. The van der Waals surface area contributed by atoms with Crippen LogP contribution in [0.1, 0.15) is 40.0 Å². The topological polar surface area (TPSA) is 53.2 Å². The third-order valence-corrected chi connectivity index (χ3v) is 3.49. The number of carbonyl (C=O) groups excluding carboxylic acids is 1. The van der Waals surface area contributed by atoms with E-state index in [9.17, 15) is 10.1 Å². The van der Waals surface area contributed by atoms with Crippen LogP contribution in [0.25, 0.3) is 0 Å². The Bertz CT molecular complexity index is 312. The normalized spacial score (nSPS) is 35.7. The van der Waals surface area contributed by atoms with Gasteiger partial charge in [0.2, 0.25) is 6.08 Å². The Kier molecular flexibility index (Phi) is 3.66. The lowest BCUT2D eigenvalue weighted by Crippen LogP contribution is -2.42. The van der Waals surface area contributed by atoms with Gasteiger partial charge in [-0.25, -0.2) is 4.79 Å². The van der Waals surface area contributed by atoms with Gasteiger partial charge in [0.25, 0.3) is 0 Å². The van der Waals surface area contributed by atoms with Crippen molar-refractivity contribution < 1.29 is 4.79 Å². The number of nitrogens with zero attached hydrogens (tertiary/aromatic N) is 2. The van der Waals surface area contributed by atoms with E-state index in [0.717, 1.165) is 12.8 Å². The summed E-state index contributed by atoms with van der Waals surface area (Å²) in [5.41, 5.74) is -0.812. The molecule has 0 heterocycles. The van der Waals surface area contributed by atoms with Crippen LogP contribution in [0.15, 0.2) is 4.99 Å². The molecule has 1 rings (SSSR count). The molecule has 1 aliphatic rings. The van der Waals surface area contributed by atoms with Gasteiger partial charge in [0.1, 0.15) is 0 Å². The quantitative estimate of drug-likeness (QED) is 0.515. The molecule has 0 saturated heterocycles. The molecule has 3 unspecified atom stereocenters. The van der Waals surface area contributed by atoms with Crippen LogP contribution in [0.3, 0.4) is 0 Å². The van der Waals surface area contributed by atoms with Crippen molar-refractivity contribution in [3.63, 3.8) is 0 Å². The van der Waals surface area contributed by atoms with Gasteiger partial charge in [-0.05, 0) is 24.7 Å². The maximum Gasteiger partial charge on any atom is 0.236 e. The Hall–Kier alpha value is -1.13. The van der Waals surface area contributed by atoms with Crippen molar-refractivity contribution >= 4 is 6.08 Å². The van der Waals surface area contributed by atoms with E-state index in [1.165, 1.54) is 0 Å². The molecule has 3 heteroatoms. The second kappa shape index (κ2) is 4.59. The molecule has 1 aliphatic carbocycles. The lowest BCUT2D eigenvalue weighted by molar-refractivity contribution is 0.153. The number of rotatable bonds is 2. The summed E-state index contributed by atoms with van der Waals surface area (Å²) in [6.45, 7) is 6.29. The zero-order valence-electron chi connectivity index (χ0n) is 9.66.